The van der Waals surface area contributed by atoms with E-state index in [4.69, 9.17) is 11.6 Å². The van der Waals surface area contributed by atoms with E-state index in [0.717, 1.165) is 0 Å². The molecule has 1 aliphatic heterocycles. The van der Waals surface area contributed by atoms with E-state index in [1.807, 2.05) is 20.8 Å². The van der Waals surface area contributed by atoms with E-state index < -0.39 is 5.92 Å². The Hall–Kier alpha value is -2.08. The molecule has 7 heteroatoms. The monoisotopic (exact) mass is 351 g/mol. The first-order valence-electron chi connectivity index (χ1n) is 7.80. The predicted molar refractivity (Wildman–Crippen MR) is 92.8 cm³/mol. The lowest BCUT2D eigenvalue weighted by atomic mass is 10.1. The SMILES string of the molecule is CC(C)(C)NC(=O)CNC(=O)C1CC(=O)N(c2ccc(Cl)cc2)C1. The van der Waals surface area contributed by atoms with Gasteiger partial charge in [-0.3, -0.25) is 14.4 Å². The highest BCUT2D eigenvalue weighted by molar-refractivity contribution is 6.30. The molecule has 0 bridgehead atoms. The molecule has 0 aromatic heterocycles. The second-order valence-corrected chi connectivity index (χ2v) is 7.33. The molecule has 1 fully saturated rings. The highest BCUT2D eigenvalue weighted by Crippen LogP contribution is 2.26. The van der Waals surface area contributed by atoms with Crippen LogP contribution in [0.4, 0.5) is 5.69 Å². The molecule has 6 nitrogen and oxygen atoms in total. The first-order chi connectivity index (χ1) is 11.2. The normalized spacial score (nSPS) is 17.8. The molecule has 0 saturated carbocycles. The van der Waals surface area contributed by atoms with Crippen molar-refractivity contribution < 1.29 is 14.4 Å². The van der Waals surface area contributed by atoms with E-state index in [1.54, 1.807) is 29.2 Å². The Bertz CT molecular complexity index is 637. The van der Waals surface area contributed by atoms with Crippen molar-refractivity contribution in [3.63, 3.8) is 0 Å². The molecule has 3 amide bonds. The van der Waals surface area contributed by atoms with Crippen LogP contribution in [-0.2, 0) is 14.4 Å². The Morgan fingerprint density at radius 2 is 1.88 bits per heavy atom. The van der Waals surface area contributed by atoms with Crippen LogP contribution in [0.15, 0.2) is 24.3 Å². The number of rotatable bonds is 4. The Balaban J connectivity index is 1.89. The van der Waals surface area contributed by atoms with E-state index in [-0.39, 0.29) is 36.2 Å². The van der Waals surface area contributed by atoms with E-state index in [9.17, 15) is 14.4 Å². The fourth-order valence-corrected chi connectivity index (χ4v) is 2.65. The lowest BCUT2D eigenvalue weighted by Crippen LogP contribution is -2.46. The molecule has 1 aromatic rings. The van der Waals surface area contributed by atoms with Crippen LogP contribution < -0.4 is 15.5 Å². The topological polar surface area (TPSA) is 78.5 Å². The molecular weight excluding hydrogens is 330 g/mol. The fraction of sp³-hybridized carbons (Fsp3) is 0.471. The van der Waals surface area contributed by atoms with Gasteiger partial charge in [-0.15, -0.1) is 0 Å². The van der Waals surface area contributed by atoms with Gasteiger partial charge in [-0.1, -0.05) is 11.6 Å². The van der Waals surface area contributed by atoms with Crippen LogP contribution in [0.5, 0.6) is 0 Å². The Morgan fingerprint density at radius 3 is 2.46 bits per heavy atom. The van der Waals surface area contributed by atoms with Crippen molar-refractivity contribution in [2.45, 2.75) is 32.7 Å². The van der Waals surface area contributed by atoms with E-state index in [1.165, 1.54) is 0 Å². The molecule has 1 aliphatic rings. The highest BCUT2D eigenvalue weighted by Gasteiger charge is 2.35. The Morgan fingerprint density at radius 1 is 1.25 bits per heavy atom. The second-order valence-electron chi connectivity index (χ2n) is 6.90. The Kier molecular flexibility index (Phi) is 5.49. The average molecular weight is 352 g/mol. The second kappa shape index (κ2) is 7.21. The number of carbonyl (C=O) groups is 3. The summed E-state index contributed by atoms with van der Waals surface area (Å²) in [7, 11) is 0. The van der Waals surface area contributed by atoms with Gasteiger partial charge in [0.1, 0.15) is 0 Å². The molecular formula is C17H22ClN3O3. The zero-order valence-electron chi connectivity index (χ0n) is 14.1. The van der Waals surface area contributed by atoms with Crippen molar-refractivity contribution in [1.82, 2.24) is 10.6 Å². The summed E-state index contributed by atoms with van der Waals surface area (Å²) in [6, 6.07) is 6.90. The lowest BCUT2D eigenvalue weighted by Gasteiger charge is -2.21. The van der Waals surface area contributed by atoms with Gasteiger partial charge in [0.2, 0.25) is 17.7 Å². The smallest absolute Gasteiger partial charge is 0.239 e. The summed E-state index contributed by atoms with van der Waals surface area (Å²) in [6.07, 6.45) is 0.134. The van der Waals surface area contributed by atoms with Crippen LogP contribution in [-0.4, -0.2) is 36.3 Å². The van der Waals surface area contributed by atoms with Gasteiger partial charge in [-0.25, -0.2) is 0 Å². The molecule has 1 atom stereocenters. The zero-order valence-corrected chi connectivity index (χ0v) is 14.8. The molecule has 0 spiro atoms. The van der Waals surface area contributed by atoms with E-state index in [2.05, 4.69) is 10.6 Å². The summed E-state index contributed by atoms with van der Waals surface area (Å²) < 4.78 is 0. The number of carbonyl (C=O) groups excluding carboxylic acids is 3. The van der Waals surface area contributed by atoms with Crippen LogP contribution in [0.25, 0.3) is 0 Å². The van der Waals surface area contributed by atoms with Crippen LogP contribution in [0.3, 0.4) is 0 Å². The van der Waals surface area contributed by atoms with Crippen LogP contribution >= 0.6 is 11.6 Å². The van der Waals surface area contributed by atoms with Crippen molar-refractivity contribution in [3.05, 3.63) is 29.3 Å². The van der Waals surface area contributed by atoms with Gasteiger partial charge >= 0.3 is 0 Å². The summed E-state index contributed by atoms with van der Waals surface area (Å²) in [4.78, 5) is 37.6. The van der Waals surface area contributed by atoms with Crippen molar-refractivity contribution >= 4 is 35.0 Å². The van der Waals surface area contributed by atoms with Crippen LogP contribution in [0.1, 0.15) is 27.2 Å². The number of halogens is 1. The Labute approximate surface area is 146 Å². The van der Waals surface area contributed by atoms with Crippen LogP contribution in [0, 0.1) is 5.92 Å². The summed E-state index contributed by atoms with van der Waals surface area (Å²) in [5.41, 5.74) is 0.362. The molecule has 1 saturated heterocycles. The fourth-order valence-electron chi connectivity index (χ4n) is 2.53. The van der Waals surface area contributed by atoms with Gasteiger partial charge in [0, 0.05) is 29.2 Å². The summed E-state index contributed by atoms with van der Waals surface area (Å²) in [5.74, 6) is -1.12. The van der Waals surface area contributed by atoms with Crippen molar-refractivity contribution in [2.24, 2.45) is 5.92 Å². The highest BCUT2D eigenvalue weighted by atomic mass is 35.5. The quantitative estimate of drug-likeness (QED) is 0.867. The maximum Gasteiger partial charge on any atom is 0.239 e. The number of nitrogens with zero attached hydrogens (tertiary/aromatic N) is 1. The average Bonchev–Trinajstić information content (AvgIpc) is 2.86. The largest absolute Gasteiger partial charge is 0.350 e. The van der Waals surface area contributed by atoms with E-state index in [0.29, 0.717) is 17.3 Å². The molecule has 1 aromatic carbocycles. The maximum absolute atomic E-state index is 12.2. The third-order valence-corrected chi connectivity index (χ3v) is 3.82. The van der Waals surface area contributed by atoms with Gasteiger partial charge in [0.25, 0.3) is 0 Å². The number of hydrogen-bond donors (Lipinski definition) is 2. The molecule has 0 radical (unpaired) electrons. The number of hydrogen-bond acceptors (Lipinski definition) is 3. The molecule has 130 valence electrons. The minimum atomic E-state index is -0.462. The summed E-state index contributed by atoms with van der Waals surface area (Å²) in [5, 5.41) is 5.96. The van der Waals surface area contributed by atoms with Gasteiger partial charge in [0.15, 0.2) is 0 Å². The summed E-state index contributed by atoms with van der Waals surface area (Å²) in [6.45, 7) is 5.81. The van der Waals surface area contributed by atoms with Crippen molar-refractivity contribution in [3.8, 4) is 0 Å². The molecule has 2 N–H and O–H groups in total. The molecule has 24 heavy (non-hydrogen) atoms. The minimum absolute atomic E-state index is 0.0955. The van der Waals surface area contributed by atoms with E-state index >= 15 is 0 Å². The molecule has 0 aliphatic carbocycles. The first-order valence-corrected chi connectivity index (χ1v) is 8.18. The minimum Gasteiger partial charge on any atom is -0.350 e. The molecule has 1 heterocycles. The van der Waals surface area contributed by atoms with Crippen LogP contribution in [0.2, 0.25) is 5.02 Å². The number of anilines is 1. The third kappa shape index (κ3) is 4.96. The predicted octanol–water partition coefficient (Wildman–Crippen LogP) is 1.72. The number of benzene rings is 1. The van der Waals surface area contributed by atoms with Crippen molar-refractivity contribution in [1.29, 1.82) is 0 Å². The number of nitrogens with one attached hydrogen (secondary N) is 2. The van der Waals surface area contributed by atoms with Gasteiger partial charge in [0.05, 0.1) is 12.5 Å². The number of amides is 3. The maximum atomic E-state index is 12.2. The first kappa shape index (κ1) is 18.3. The standard InChI is InChI=1S/C17H22ClN3O3/c1-17(2,3)20-14(22)9-19-16(24)11-8-15(23)21(10-11)13-6-4-12(18)5-7-13/h4-7,11H,8-10H2,1-3H3,(H,19,24)(H,20,22). The summed E-state index contributed by atoms with van der Waals surface area (Å²) >= 11 is 5.85. The lowest BCUT2D eigenvalue weighted by molar-refractivity contribution is -0.129. The molecule has 1 unspecified atom stereocenters. The van der Waals surface area contributed by atoms with Gasteiger partial charge < -0.3 is 15.5 Å². The van der Waals surface area contributed by atoms with Gasteiger partial charge in [-0.05, 0) is 45.0 Å². The third-order valence-electron chi connectivity index (χ3n) is 3.57. The van der Waals surface area contributed by atoms with Gasteiger partial charge in [-0.2, -0.15) is 0 Å². The molecule has 2 rings (SSSR count). The zero-order chi connectivity index (χ0) is 17.9. The van der Waals surface area contributed by atoms with Crippen molar-refractivity contribution in [2.75, 3.05) is 18.0 Å².